The number of halogens is 1. The third-order valence-corrected chi connectivity index (χ3v) is 6.12. The van der Waals surface area contributed by atoms with E-state index in [1.165, 1.54) is 7.11 Å². The Hall–Kier alpha value is -2.77. The van der Waals surface area contributed by atoms with E-state index in [-0.39, 0.29) is 17.9 Å². The molecule has 0 aliphatic carbocycles. The highest BCUT2D eigenvalue weighted by atomic mass is 35.5. The van der Waals surface area contributed by atoms with E-state index in [1.54, 1.807) is 31.4 Å². The normalized spacial score (nSPS) is 24.5. The summed E-state index contributed by atoms with van der Waals surface area (Å²) in [5.74, 6) is -0.0916. The van der Waals surface area contributed by atoms with E-state index >= 15 is 0 Å². The average Bonchev–Trinajstić information content (AvgIpc) is 3.20. The molecule has 8 heteroatoms. The first-order chi connectivity index (χ1) is 14.3. The zero-order chi connectivity index (χ0) is 21.6. The number of fused-ring (bicyclic) bond motifs is 2. The number of methoxy groups -OCH3 is 2. The summed E-state index contributed by atoms with van der Waals surface area (Å²) in [6.45, 7) is 3.88. The molecular weight excluding hydrogens is 406 g/mol. The molecule has 0 bridgehead atoms. The van der Waals surface area contributed by atoms with Gasteiger partial charge in [0.05, 0.1) is 36.5 Å². The number of rotatable bonds is 4. The Morgan fingerprint density at radius 3 is 2.70 bits per heavy atom. The molecule has 3 atom stereocenters. The summed E-state index contributed by atoms with van der Waals surface area (Å²) in [5.41, 5.74) is 1.49. The molecule has 2 heterocycles. The minimum atomic E-state index is -1.18. The molecule has 4 rings (SSSR count). The molecule has 1 fully saturated rings. The van der Waals surface area contributed by atoms with Crippen LogP contribution in [0.2, 0.25) is 5.02 Å². The first-order valence-corrected chi connectivity index (χ1v) is 10.1. The Balaban J connectivity index is 1.75. The molecule has 2 aliphatic heterocycles. The van der Waals surface area contributed by atoms with Crippen molar-refractivity contribution < 1.29 is 19.1 Å². The molecule has 3 N–H and O–H groups in total. The Morgan fingerprint density at radius 1 is 1.23 bits per heavy atom. The first-order valence-electron chi connectivity index (χ1n) is 9.72. The van der Waals surface area contributed by atoms with Gasteiger partial charge in [0.2, 0.25) is 11.8 Å². The maximum atomic E-state index is 13.5. The van der Waals surface area contributed by atoms with Gasteiger partial charge in [0.15, 0.2) is 0 Å². The van der Waals surface area contributed by atoms with Crippen LogP contribution in [0.15, 0.2) is 30.3 Å². The molecule has 0 aromatic heterocycles. The summed E-state index contributed by atoms with van der Waals surface area (Å²) >= 11 is 6.39. The second kappa shape index (κ2) is 7.49. The van der Waals surface area contributed by atoms with Crippen LogP contribution in [0.1, 0.15) is 24.5 Å². The van der Waals surface area contributed by atoms with Crippen LogP contribution in [-0.2, 0) is 15.1 Å². The number of ether oxygens (including phenoxy) is 2. The molecule has 0 saturated carbocycles. The van der Waals surface area contributed by atoms with Crippen LogP contribution in [0.3, 0.4) is 0 Å². The van der Waals surface area contributed by atoms with E-state index < -0.39 is 11.5 Å². The van der Waals surface area contributed by atoms with Crippen LogP contribution in [0.5, 0.6) is 11.5 Å². The van der Waals surface area contributed by atoms with E-state index in [0.29, 0.717) is 39.9 Å². The number of hydrogen-bond acceptors (Lipinski definition) is 5. The topological polar surface area (TPSA) is 88.7 Å². The van der Waals surface area contributed by atoms with Crippen LogP contribution in [0.25, 0.3) is 0 Å². The zero-order valence-corrected chi connectivity index (χ0v) is 18.0. The van der Waals surface area contributed by atoms with Crippen LogP contribution in [0, 0.1) is 12.8 Å². The van der Waals surface area contributed by atoms with E-state index in [4.69, 9.17) is 21.1 Å². The quantitative estimate of drug-likeness (QED) is 0.692. The van der Waals surface area contributed by atoms with E-state index in [1.807, 2.05) is 19.9 Å². The lowest BCUT2D eigenvalue weighted by atomic mass is 9.79. The van der Waals surface area contributed by atoms with Crippen molar-refractivity contribution in [1.82, 2.24) is 5.32 Å². The van der Waals surface area contributed by atoms with Gasteiger partial charge >= 0.3 is 0 Å². The Labute approximate surface area is 180 Å². The number of carbonyl (C=O) groups is 2. The standard InChI is InChI=1S/C22H24ClN3O4/c1-11-7-14-19(16(23)8-11)25-21(28)22(14)15(9-12(2)26-22)20(27)24-17-10-13(29-3)5-6-18(17)30-4/h5-8,10,12,15,26H,9H2,1-4H3,(H,24,27)(H,25,28)/t12-,15-,22+/m0/s1. The fourth-order valence-electron chi connectivity index (χ4n) is 4.52. The number of amides is 2. The van der Waals surface area contributed by atoms with Gasteiger partial charge in [0.25, 0.3) is 0 Å². The highest BCUT2D eigenvalue weighted by molar-refractivity contribution is 6.35. The van der Waals surface area contributed by atoms with Crippen LogP contribution in [-0.4, -0.2) is 32.1 Å². The highest BCUT2D eigenvalue weighted by Gasteiger charge is 2.59. The summed E-state index contributed by atoms with van der Waals surface area (Å²) in [7, 11) is 3.08. The summed E-state index contributed by atoms with van der Waals surface area (Å²) in [6, 6.07) is 8.84. The number of anilines is 2. The third-order valence-electron chi connectivity index (χ3n) is 5.82. The van der Waals surface area contributed by atoms with Gasteiger partial charge in [-0.25, -0.2) is 0 Å². The van der Waals surface area contributed by atoms with Gasteiger partial charge in [-0.15, -0.1) is 0 Å². The van der Waals surface area contributed by atoms with Crippen molar-refractivity contribution in [1.29, 1.82) is 0 Å². The van der Waals surface area contributed by atoms with Crippen molar-refractivity contribution in [3.8, 4) is 11.5 Å². The third kappa shape index (κ3) is 3.09. The van der Waals surface area contributed by atoms with Gasteiger partial charge in [0, 0.05) is 17.7 Å². The second-order valence-corrected chi connectivity index (χ2v) is 8.23. The van der Waals surface area contributed by atoms with E-state index in [9.17, 15) is 9.59 Å². The molecule has 2 aliphatic rings. The largest absolute Gasteiger partial charge is 0.497 e. The molecule has 2 amide bonds. The zero-order valence-electron chi connectivity index (χ0n) is 17.3. The van der Waals surface area contributed by atoms with Crippen molar-refractivity contribution in [2.24, 2.45) is 5.92 Å². The molecule has 2 aromatic carbocycles. The maximum absolute atomic E-state index is 13.5. The maximum Gasteiger partial charge on any atom is 0.250 e. The monoisotopic (exact) mass is 429 g/mol. The molecule has 158 valence electrons. The summed E-state index contributed by atoms with van der Waals surface area (Å²) in [4.78, 5) is 26.7. The van der Waals surface area contributed by atoms with Gasteiger partial charge < -0.3 is 20.1 Å². The number of hydrogen-bond donors (Lipinski definition) is 3. The fourth-order valence-corrected chi connectivity index (χ4v) is 4.84. The summed E-state index contributed by atoms with van der Waals surface area (Å²) in [5, 5.41) is 9.64. The van der Waals surface area contributed by atoms with Gasteiger partial charge in [-0.2, -0.15) is 0 Å². The van der Waals surface area contributed by atoms with E-state index in [2.05, 4.69) is 16.0 Å². The Morgan fingerprint density at radius 2 is 2.00 bits per heavy atom. The first kappa shape index (κ1) is 20.5. The molecular formula is C22H24ClN3O4. The number of nitrogens with one attached hydrogen (secondary N) is 3. The highest BCUT2D eigenvalue weighted by Crippen LogP contribution is 2.49. The smallest absolute Gasteiger partial charge is 0.250 e. The Bertz CT molecular complexity index is 1040. The molecule has 1 saturated heterocycles. The lowest BCUT2D eigenvalue weighted by molar-refractivity contribution is -0.130. The number of carbonyl (C=O) groups excluding carboxylic acids is 2. The molecule has 30 heavy (non-hydrogen) atoms. The number of benzene rings is 2. The molecule has 1 spiro atoms. The van der Waals surface area contributed by atoms with Crippen LogP contribution < -0.4 is 25.4 Å². The fraction of sp³-hybridized carbons (Fsp3) is 0.364. The van der Waals surface area contributed by atoms with Crippen molar-refractivity contribution in [2.45, 2.75) is 31.8 Å². The van der Waals surface area contributed by atoms with Crippen LogP contribution >= 0.6 is 11.6 Å². The minimum absolute atomic E-state index is 0.0380. The molecule has 0 radical (unpaired) electrons. The van der Waals surface area contributed by atoms with Crippen LogP contribution in [0.4, 0.5) is 11.4 Å². The molecule has 0 unspecified atom stereocenters. The SMILES string of the molecule is COc1ccc(OC)c(NC(=O)[C@@H]2C[C@H](C)N[C@@]23C(=O)Nc2c(Cl)cc(C)cc23)c1. The van der Waals surface area contributed by atoms with E-state index in [0.717, 1.165) is 5.56 Å². The predicted molar refractivity (Wildman–Crippen MR) is 115 cm³/mol. The van der Waals surface area contributed by atoms with Crippen molar-refractivity contribution in [2.75, 3.05) is 24.9 Å². The summed E-state index contributed by atoms with van der Waals surface area (Å²) < 4.78 is 10.6. The van der Waals surface area contributed by atoms with Crippen molar-refractivity contribution in [3.63, 3.8) is 0 Å². The predicted octanol–water partition coefficient (Wildman–Crippen LogP) is 3.45. The van der Waals surface area contributed by atoms with Gasteiger partial charge in [-0.3, -0.25) is 14.9 Å². The molecule has 7 nitrogen and oxygen atoms in total. The molecule has 2 aromatic rings. The second-order valence-electron chi connectivity index (χ2n) is 7.82. The van der Waals surface area contributed by atoms with Gasteiger partial charge in [0.1, 0.15) is 17.0 Å². The number of aryl methyl sites for hydroxylation is 1. The van der Waals surface area contributed by atoms with Crippen molar-refractivity contribution >= 4 is 34.8 Å². The van der Waals surface area contributed by atoms with Crippen molar-refractivity contribution in [3.05, 3.63) is 46.5 Å². The lowest BCUT2D eigenvalue weighted by Crippen LogP contribution is -2.52. The summed E-state index contributed by atoms with van der Waals surface area (Å²) in [6.07, 6.45) is 0.497. The van der Waals surface area contributed by atoms with Gasteiger partial charge in [-0.1, -0.05) is 17.7 Å². The minimum Gasteiger partial charge on any atom is -0.497 e. The average molecular weight is 430 g/mol. The lowest BCUT2D eigenvalue weighted by Gasteiger charge is -2.29. The van der Waals surface area contributed by atoms with Gasteiger partial charge in [-0.05, 0) is 44.0 Å². The Kier molecular flexibility index (Phi) is 5.11.